The first-order chi connectivity index (χ1) is 7.13. The van der Waals surface area contributed by atoms with Crippen molar-refractivity contribution in [2.45, 2.75) is 13.5 Å². The Hall–Kier alpha value is -2.02. The van der Waals surface area contributed by atoms with Crippen molar-refractivity contribution in [1.82, 2.24) is 9.88 Å². The van der Waals surface area contributed by atoms with Crippen molar-refractivity contribution < 1.29 is 4.79 Å². The number of nitrogens with zero attached hydrogens (tertiary/aromatic N) is 1. The van der Waals surface area contributed by atoms with Crippen LogP contribution in [0.2, 0.25) is 0 Å². The van der Waals surface area contributed by atoms with Gasteiger partial charge in [0.05, 0.1) is 6.54 Å². The number of aromatic nitrogens is 1. The second kappa shape index (κ2) is 5.01. The maximum Gasteiger partial charge on any atom is 0.251 e. The first-order valence-corrected chi connectivity index (χ1v) is 4.50. The summed E-state index contributed by atoms with van der Waals surface area (Å²) < 4.78 is 1.33. The van der Waals surface area contributed by atoms with Crippen molar-refractivity contribution in [2.75, 3.05) is 6.54 Å². The lowest BCUT2D eigenvalue weighted by Crippen LogP contribution is -2.32. The predicted molar refractivity (Wildman–Crippen MR) is 57.3 cm³/mol. The van der Waals surface area contributed by atoms with Gasteiger partial charge in [0, 0.05) is 12.3 Å². The van der Waals surface area contributed by atoms with Gasteiger partial charge in [0.2, 0.25) is 5.91 Å². The van der Waals surface area contributed by atoms with Gasteiger partial charge in [-0.25, -0.2) is 0 Å². The van der Waals surface area contributed by atoms with Crippen LogP contribution in [0.4, 0.5) is 0 Å². The topological polar surface area (TPSA) is 51.1 Å². The highest BCUT2D eigenvalue weighted by Gasteiger charge is 2.02. The molecule has 0 aliphatic rings. The minimum absolute atomic E-state index is 0.000787. The van der Waals surface area contributed by atoms with Crippen LogP contribution in [0.5, 0.6) is 0 Å². The fourth-order valence-corrected chi connectivity index (χ4v) is 1.10. The number of nitrogens with one attached hydrogen (secondary N) is 1. The molecule has 0 radical (unpaired) electrons. The summed E-state index contributed by atoms with van der Waals surface area (Å²) >= 11 is 0. The highest BCUT2D eigenvalue weighted by atomic mass is 16.2. The van der Waals surface area contributed by atoms with E-state index in [1.54, 1.807) is 12.3 Å². The van der Waals surface area contributed by atoms with Crippen molar-refractivity contribution in [1.29, 1.82) is 0 Å². The van der Waals surface area contributed by atoms with Crippen LogP contribution in [-0.4, -0.2) is 17.0 Å². The molecular formula is C11H12N2O2. The minimum Gasteiger partial charge on any atom is -0.344 e. The average Bonchev–Trinajstić information content (AvgIpc) is 2.19. The fourth-order valence-electron chi connectivity index (χ4n) is 1.10. The highest BCUT2D eigenvalue weighted by Crippen LogP contribution is 1.90. The van der Waals surface area contributed by atoms with Gasteiger partial charge in [0.15, 0.2) is 0 Å². The molecule has 4 heteroatoms. The lowest BCUT2D eigenvalue weighted by molar-refractivity contribution is -0.121. The Kier molecular flexibility index (Phi) is 3.69. The number of hydrogen-bond donors (Lipinski definition) is 1. The molecule has 0 spiro atoms. The van der Waals surface area contributed by atoms with Gasteiger partial charge in [-0.2, -0.15) is 0 Å². The Balaban J connectivity index is 2.70. The lowest BCUT2D eigenvalue weighted by Gasteiger charge is -2.05. The number of hydrogen-bond acceptors (Lipinski definition) is 2. The average molecular weight is 204 g/mol. The van der Waals surface area contributed by atoms with Crippen molar-refractivity contribution in [3.05, 3.63) is 34.2 Å². The molecule has 0 saturated heterocycles. The van der Waals surface area contributed by atoms with E-state index in [2.05, 4.69) is 11.2 Å². The summed E-state index contributed by atoms with van der Waals surface area (Å²) in [5.74, 6) is 2.02. The van der Waals surface area contributed by atoms with E-state index in [-0.39, 0.29) is 24.6 Å². The second-order valence-corrected chi connectivity index (χ2v) is 3.15. The van der Waals surface area contributed by atoms with E-state index in [4.69, 9.17) is 6.42 Å². The Morgan fingerprint density at radius 1 is 1.67 bits per heavy atom. The van der Waals surface area contributed by atoms with Gasteiger partial charge in [-0.15, -0.1) is 6.42 Å². The monoisotopic (exact) mass is 204 g/mol. The van der Waals surface area contributed by atoms with Crippen molar-refractivity contribution in [3.63, 3.8) is 0 Å². The van der Waals surface area contributed by atoms with Gasteiger partial charge >= 0.3 is 0 Å². The van der Waals surface area contributed by atoms with Crippen molar-refractivity contribution >= 4 is 5.91 Å². The smallest absolute Gasteiger partial charge is 0.251 e. The Morgan fingerprint density at radius 2 is 2.40 bits per heavy atom. The summed E-state index contributed by atoms with van der Waals surface area (Å²) in [7, 11) is 0. The molecule has 1 aromatic heterocycles. The van der Waals surface area contributed by atoms with Crippen LogP contribution in [0.25, 0.3) is 0 Å². The zero-order valence-electron chi connectivity index (χ0n) is 8.49. The van der Waals surface area contributed by atoms with Gasteiger partial charge in [-0.05, 0) is 18.6 Å². The van der Waals surface area contributed by atoms with Crippen LogP contribution in [0.15, 0.2) is 23.1 Å². The van der Waals surface area contributed by atoms with Crippen molar-refractivity contribution in [2.24, 2.45) is 0 Å². The van der Waals surface area contributed by atoms with Crippen molar-refractivity contribution in [3.8, 4) is 12.3 Å². The number of rotatable bonds is 3. The summed E-state index contributed by atoms with van der Waals surface area (Å²) in [5, 5.41) is 2.49. The number of carbonyl (C=O) groups excluding carboxylic acids is 1. The van der Waals surface area contributed by atoms with Crippen LogP contribution in [-0.2, 0) is 11.3 Å². The third kappa shape index (κ3) is 3.31. The number of pyridine rings is 1. The first kappa shape index (κ1) is 11.1. The van der Waals surface area contributed by atoms with E-state index in [9.17, 15) is 9.59 Å². The fraction of sp³-hybridized carbons (Fsp3) is 0.273. The summed E-state index contributed by atoms with van der Waals surface area (Å²) in [6.07, 6.45) is 6.58. The predicted octanol–water partition coefficient (Wildman–Crippen LogP) is -0.0939. The molecular weight excluding hydrogens is 192 g/mol. The highest BCUT2D eigenvalue weighted by molar-refractivity contribution is 5.75. The molecule has 0 fully saturated rings. The third-order valence-corrected chi connectivity index (χ3v) is 1.85. The van der Waals surface area contributed by atoms with Crippen LogP contribution in [0.3, 0.4) is 0 Å². The van der Waals surface area contributed by atoms with E-state index < -0.39 is 0 Å². The standard InChI is InChI=1S/C11H12N2O2/c1-3-5-12-10(14)8-13-6-4-9(2)7-11(13)15/h1,4,6-7H,5,8H2,2H3,(H,12,14). The van der Waals surface area contributed by atoms with Crippen LogP contribution in [0, 0.1) is 19.3 Å². The van der Waals surface area contributed by atoms with Gasteiger partial charge in [0.1, 0.15) is 6.54 Å². The zero-order valence-corrected chi connectivity index (χ0v) is 8.49. The molecule has 1 N–H and O–H groups in total. The molecule has 78 valence electrons. The van der Waals surface area contributed by atoms with Crippen LogP contribution >= 0.6 is 0 Å². The Morgan fingerprint density at radius 3 is 3.00 bits per heavy atom. The number of terminal acetylenes is 1. The van der Waals surface area contributed by atoms with Gasteiger partial charge in [0.25, 0.3) is 5.56 Å². The van der Waals surface area contributed by atoms with E-state index in [0.717, 1.165) is 5.56 Å². The maximum absolute atomic E-state index is 11.4. The molecule has 4 nitrogen and oxygen atoms in total. The second-order valence-electron chi connectivity index (χ2n) is 3.15. The summed E-state index contributed by atoms with van der Waals surface area (Å²) in [4.78, 5) is 22.6. The molecule has 0 bridgehead atoms. The third-order valence-electron chi connectivity index (χ3n) is 1.85. The molecule has 0 unspecified atom stereocenters. The Labute approximate surface area is 87.9 Å². The zero-order chi connectivity index (χ0) is 11.3. The molecule has 0 aliphatic heterocycles. The summed E-state index contributed by atoms with van der Waals surface area (Å²) in [6, 6.07) is 3.25. The lowest BCUT2D eigenvalue weighted by atomic mass is 10.3. The molecule has 0 aromatic carbocycles. The molecule has 1 rings (SSSR count). The maximum atomic E-state index is 11.4. The van der Waals surface area contributed by atoms with Gasteiger partial charge in [-0.1, -0.05) is 5.92 Å². The van der Waals surface area contributed by atoms with E-state index in [1.165, 1.54) is 10.6 Å². The molecule has 0 atom stereocenters. The van der Waals surface area contributed by atoms with Crippen LogP contribution < -0.4 is 10.9 Å². The SMILES string of the molecule is C#CCNC(=O)Cn1ccc(C)cc1=O. The number of carbonyl (C=O) groups is 1. The van der Waals surface area contributed by atoms with E-state index in [0.29, 0.717) is 0 Å². The molecule has 0 aliphatic carbocycles. The quantitative estimate of drug-likeness (QED) is 0.699. The number of amides is 1. The minimum atomic E-state index is -0.265. The van der Waals surface area contributed by atoms with Gasteiger partial charge in [-0.3, -0.25) is 9.59 Å². The van der Waals surface area contributed by atoms with Crippen LogP contribution in [0.1, 0.15) is 5.56 Å². The molecule has 1 aromatic rings. The largest absolute Gasteiger partial charge is 0.344 e. The van der Waals surface area contributed by atoms with E-state index in [1.807, 2.05) is 6.92 Å². The first-order valence-electron chi connectivity index (χ1n) is 4.50. The summed E-state index contributed by atoms with van der Waals surface area (Å²) in [5.41, 5.74) is 0.686. The molecule has 15 heavy (non-hydrogen) atoms. The van der Waals surface area contributed by atoms with Gasteiger partial charge < -0.3 is 9.88 Å². The molecule has 1 heterocycles. The summed E-state index contributed by atoms with van der Waals surface area (Å²) in [6.45, 7) is 2.00. The molecule has 1 amide bonds. The molecule has 0 saturated carbocycles. The normalized spacial score (nSPS) is 9.33. The Bertz CT molecular complexity index is 454. The number of aryl methyl sites for hydroxylation is 1. The van der Waals surface area contributed by atoms with E-state index >= 15 is 0 Å².